The van der Waals surface area contributed by atoms with E-state index in [4.69, 9.17) is 11.6 Å². The molecule has 0 radical (unpaired) electrons. The van der Waals surface area contributed by atoms with Crippen molar-refractivity contribution < 1.29 is 9.59 Å². The number of benzene rings is 2. The molecule has 1 amide bonds. The number of aromatic nitrogens is 1. The number of nitrogens with one attached hydrogen (secondary N) is 1. The summed E-state index contributed by atoms with van der Waals surface area (Å²) in [4.78, 5) is 33.7. The number of nitrogens with zero attached hydrogens (tertiary/aromatic N) is 2. The quantitative estimate of drug-likeness (QED) is 0.651. The van der Waals surface area contributed by atoms with Crippen molar-refractivity contribution in [2.24, 2.45) is 5.92 Å². The van der Waals surface area contributed by atoms with E-state index in [1.807, 2.05) is 60.5 Å². The van der Waals surface area contributed by atoms with Crippen molar-refractivity contribution in [3.8, 4) is 0 Å². The summed E-state index contributed by atoms with van der Waals surface area (Å²) in [6.45, 7) is 0.562. The molecule has 5 nitrogen and oxygen atoms in total. The summed E-state index contributed by atoms with van der Waals surface area (Å²) >= 11 is 6.10. The van der Waals surface area contributed by atoms with Crippen LogP contribution in [0.2, 0.25) is 5.02 Å². The molecule has 3 aromatic rings. The van der Waals surface area contributed by atoms with Gasteiger partial charge >= 0.3 is 0 Å². The first kappa shape index (κ1) is 19.0. The SMILES string of the molecule is CN1C[C@H](c2ccc(Cl)cc2)[C@@H](C(=O)c2ccccn2)[C@]12C(=O)Nc1ccccc12. The van der Waals surface area contributed by atoms with Crippen LogP contribution in [0.1, 0.15) is 27.5 Å². The van der Waals surface area contributed by atoms with Crippen molar-refractivity contribution in [3.63, 3.8) is 0 Å². The monoisotopic (exact) mass is 417 g/mol. The highest BCUT2D eigenvalue weighted by Crippen LogP contribution is 2.55. The van der Waals surface area contributed by atoms with Crippen LogP contribution in [-0.4, -0.2) is 35.2 Å². The molecule has 3 heterocycles. The van der Waals surface area contributed by atoms with E-state index >= 15 is 0 Å². The van der Waals surface area contributed by atoms with Gasteiger partial charge in [-0.25, -0.2) is 0 Å². The first-order chi connectivity index (χ1) is 14.5. The molecule has 1 spiro atoms. The number of fused-ring (bicyclic) bond motifs is 2. The maximum atomic E-state index is 13.9. The van der Waals surface area contributed by atoms with Crippen LogP contribution in [0.4, 0.5) is 5.69 Å². The van der Waals surface area contributed by atoms with Gasteiger partial charge in [-0.15, -0.1) is 0 Å². The number of ketones is 1. The molecule has 1 saturated heterocycles. The molecule has 3 atom stereocenters. The van der Waals surface area contributed by atoms with Gasteiger partial charge in [0.15, 0.2) is 5.78 Å². The van der Waals surface area contributed by atoms with Crippen molar-refractivity contribution >= 4 is 29.0 Å². The van der Waals surface area contributed by atoms with Crippen LogP contribution in [0.5, 0.6) is 0 Å². The molecule has 5 rings (SSSR count). The minimum atomic E-state index is -1.09. The molecule has 1 aromatic heterocycles. The number of carbonyl (C=O) groups excluding carboxylic acids is 2. The molecule has 0 saturated carbocycles. The molecule has 0 unspecified atom stereocenters. The number of hydrogen-bond acceptors (Lipinski definition) is 4. The van der Waals surface area contributed by atoms with Gasteiger partial charge < -0.3 is 5.32 Å². The Balaban J connectivity index is 1.73. The second-order valence-corrected chi connectivity index (χ2v) is 8.30. The Hall–Kier alpha value is -3.02. The number of anilines is 1. The minimum absolute atomic E-state index is 0.133. The fourth-order valence-electron chi connectivity index (χ4n) is 5.07. The average Bonchev–Trinajstić information content (AvgIpc) is 3.24. The minimum Gasteiger partial charge on any atom is -0.324 e. The van der Waals surface area contributed by atoms with E-state index in [9.17, 15) is 9.59 Å². The van der Waals surface area contributed by atoms with Crippen molar-refractivity contribution in [1.29, 1.82) is 0 Å². The van der Waals surface area contributed by atoms with Crippen LogP contribution in [0.3, 0.4) is 0 Å². The number of hydrogen-bond donors (Lipinski definition) is 1. The molecule has 150 valence electrons. The second kappa shape index (κ2) is 7.04. The number of para-hydroxylation sites is 1. The zero-order chi connectivity index (χ0) is 20.9. The number of likely N-dealkylation sites (tertiary alicyclic amines) is 1. The van der Waals surface area contributed by atoms with Crippen molar-refractivity contribution in [3.05, 3.63) is 94.8 Å². The zero-order valence-electron chi connectivity index (χ0n) is 16.4. The van der Waals surface area contributed by atoms with E-state index in [2.05, 4.69) is 10.3 Å². The van der Waals surface area contributed by atoms with Crippen LogP contribution >= 0.6 is 11.6 Å². The summed E-state index contributed by atoms with van der Waals surface area (Å²) in [6, 6.07) is 20.4. The number of amides is 1. The van der Waals surface area contributed by atoms with Gasteiger partial charge in [0.2, 0.25) is 5.91 Å². The maximum absolute atomic E-state index is 13.9. The fraction of sp³-hybridized carbons (Fsp3) is 0.208. The van der Waals surface area contributed by atoms with E-state index in [0.29, 0.717) is 17.3 Å². The van der Waals surface area contributed by atoms with Crippen LogP contribution in [0, 0.1) is 5.92 Å². The third kappa shape index (κ3) is 2.62. The highest BCUT2D eigenvalue weighted by molar-refractivity contribution is 6.30. The van der Waals surface area contributed by atoms with Gasteiger partial charge in [0.25, 0.3) is 0 Å². The second-order valence-electron chi connectivity index (χ2n) is 7.86. The van der Waals surface area contributed by atoms with Crippen molar-refractivity contribution in [1.82, 2.24) is 9.88 Å². The van der Waals surface area contributed by atoms with Crippen molar-refractivity contribution in [2.75, 3.05) is 18.9 Å². The molecule has 2 aromatic carbocycles. The first-order valence-electron chi connectivity index (χ1n) is 9.86. The largest absolute Gasteiger partial charge is 0.324 e. The number of likely N-dealkylation sites (N-methyl/N-ethyl adjacent to an activating group) is 1. The number of Topliss-reactive ketones (excluding diaryl/α,β-unsaturated/α-hetero) is 1. The normalized spacial score (nSPS) is 25.3. The first-order valence-corrected chi connectivity index (χ1v) is 10.2. The van der Waals surface area contributed by atoms with E-state index in [0.717, 1.165) is 16.8 Å². The van der Waals surface area contributed by atoms with Crippen LogP contribution < -0.4 is 5.32 Å². The van der Waals surface area contributed by atoms with Gasteiger partial charge in [-0.3, -0.25) is 19.5 Å². The maximum Gasteiger partial charge on any atom is 0.250 e. The molecule has 6 heteroatoms. The van der Waals surface area contributed by atoms with Gasteiger partial charge in [0.1, 0.15) is 11.2 Å². The molecule has 30 heavy (non-hydrogen) atoms. The topological polar surface area (TPSA) is 62.3 Å². The van der Waals surface area contributed by atoms with Gasteiger partial charge in [-0.1, -0.05) is 48.0 Å². The average molecular weight is 418 g/mol. The lowest BCUT2D eigenvalue weighted by molar-refractivity contribution is -0.126. The van der Waals surface area contributed by atoms with Gasteiger partial charge in [-0.05, 0) is 42.9 Å². The van der Waals surface area contributed by atoms with E-state index in [1.165, 1.54) is 0 Å². The number of carbonyl (C=O) groups is 2. The number of pyridine rings is 1. The van der Waals surface area contributed by atoms with Gasteiger partial charge in [0.05, 0.1) is 5.92 Å². The molecule has 1 fully saturated rings. The highest BCUT2D eigenvalue weighted by Gasteiger charge is 2.64. The molecule has 0 bridgehead atoms. The van der Waals surface area contributed by atoms with Gasteiger partial charge in [-0.2, -0.15) is 0 Å². The smallest absolute Gasteiger partial charge is 0.250 e. The molecule has 2 aliphatic heterocycles. The van der Waals surface area contributed by atoms with Gasteiger partial charge in [0, 0.05) is 34.9 Å². The molecule has 2 aliphatic rings. The summed E-state index contributed by atoms with van der Waals surface area (Å²) in [5, 5.41) is 3.64. The van der Waals surface area contributed by atoms with Crippen LogP contribution in [-0.2, 0) is 10.3 Å². The Morgan fingerprint density at radius 2 is 1.83 bits per heavy atom. The lowest BCUT2D eigenvalue weighted by Crippen LogP contribution is -2.51. The lowest BCUT2D eigenvalue weighted by atomic mass is 9.71. The Morgan fingerprint density at radius 3 is 2.57 bits per heavy atom. The summed E-state index contributed by atoms with van der Waals surface area (Å²) in [5.41, 5.74) is 1.85. The third-order valence-corrected chi connectivity index (χ3v) is 6.61. The molecular formula is C24H20ClN3O2. The lowest BCUT2D eigenvalue weighted by Gasteiger charge is -2.35. The predicted molar refractivity (Wildman–Crippen MR) is 116 cm³/mol. The van der Waals surface area contributed by atoms with E-state index < -0.39 is 11.5 Å². The Labute approximate surface area is 179 Å². The summed E-state index contributed by atoms with van der Waals surface area (Å²) in [6.07, 6.45) is 1.61. The molecule has 1 N–H and O–H groups in total. The number of halogens is 1. The summed E-state index contributed by atoms with van der Waals surface area (Å²) < 4.78 is 0. The molecular weight excluding hydrogens is 398 g/mol. The summed E-state index contributed by atoms with van der Waals surface area (Å²) in [5.74, 6) is -1.11. The van der Waals surface area contributed by atoms with Crippen LogP contribution in [0.15, 0.2) is 72.9 Å². The summed E-state index contributed by atoms with van der Waals surface area (Å²) in [7, 11) is 1.91. The third-order valence-electron chi connectivity index (χ3n) is 6.36. The van der Waals surface area contributed by atoms with Crippen molar-refractivity contribution in [2.45, 2.75) is 11.5 Å². The standard InChI is InChI=1S/C24H20ClN3O2/c1-28-14-17(15-9-11-16(25)12-10-15)21(22(29)20-8-4-5-13-26-20)24(28)18-6-2-3-7-19(18)27-23(24)30/h2-13,17,21H,14H2,1H3,(H,27,30)/t17-,21+,24-/m1/s1. The predicted octanol–water partition coefficient (Wildman–Crippen LogP) is 4.11. The fourth-order valence-corrected chi connectivity index (χ4v) is 5.20. The Bertz CT molecular complexity index is 1130. The Morgan fingerprint density at radius 1 is 1.10 bits per heavy atom. The van der Waals surface area contributed by atoms with E-state index in [1.54, 1.807) is 24.4 Å². The number of rotatable bonds is 3. The van der Waals surface area contributed by atoms with Crippen LogP contribution in [0.25, 0.3) is 0 Å². The highest BCUT2D eigenvalue weighted by atomic mass is 35.5. The molecule has 0 aliphatic carbocycles. The Kier molecular flexibility index (Phi) is 4.45. The zero-order valence-corrected chi connectivity index (χ0v) is 17.1. The van der Waals surface area contributed by atoms with E-state index in [-0.39, 0.29) is 17.6 Å².